The molecule has 54 valence electrons. The Morgan fingerprint density at radius 1 is 1.44 bits per heavy atom. The predicted molar refractivity (Wildman–Crippen MR) is 38.7 cm³/mol. The van der Waals surface area contributed by atoms with Crippen LogP contribution in [0, 0.1) is 5.92 Å². The Hall–Kier alpha value is -0.0800. The highest BCUT2D eigenvalue weighted by Gasteiger charge is 2.19. The van der Waals surface area contributed by atoms with E-state index in [9.17, 15) is 0 Å². The Labute approximate surface area is 56.8 Å². The van der Waals surface area contributed by atoms with Gasteiger partial charge in [-0.05, 0) is 25.7 Å². The minimum absolute atomic E-state index is 0.521. The van der Waals surface area contributed by atoms with Crippen LogP contribution in [0.15, 0.2) is 0 Å². The molecule has 0 unspecified atom stereocenters. The maximum absolute atomic E-state index is 5.30. The first-order valence-corrected chi connectivity index (χ1v) is 3.80. The SMILES string of the molecule is C[C@H](NN)C1CCCC1. The lowest BCUT2D eigenvalue weighted by atomic mass is 10.0. The number of nitrogens with two attached hydrogens (primary N) is 1. The van der Waals surface area contributed by atoms with Crippen LogP contribution in [0.3, 0.4) is 0 Å². The highest BCUT2D eigenvalue weighted by atomic mass is 15.2. The molecule has 0 spiro atoms. The molecule has 0 amide bonds. The van der Waals surface area contributed by atoms with Crippen molar-refractivity contribution in [2.24, 2.45) is 11.8 Å². The molecule has 1 rings (SSSR count). The van der Waals surface area contributed by atoms with E-state index in [4.69, 9.17) is 5.84 Å². The van der Waals surface area contributed by atoms with Crippen molar-refractivity contribution in [3.8, 4) is 0 Å². The fourth-order valence-electron chi connectivity index (χ4n) is 1.59. The van der Waals surface area contributed by atoms with Crippen LogP contribution in [-0.4, -0.2) is 6.04 Å². The Balaban J connectivity index is 2.24. The second kappa shape index (κ2) is 3.18. The lowest BCUT2D eigenvalue weighted by Crippen LogP contribution is -2.37. The normalized spacial score (nSPS) is 24.7. The van der Waals surface area contributed by atoms with Gasteiger partial charge in [0.25, 0.3) is 0 Å². The van der Waals surface area contributed by atoms with Crippen molar-refractivity contribution >= 4 is 0 Å². The average molecular weight is 128 g/mol. The van der Waals surface area contributed by atoms with E-state index >= 15 is 0 Å². The van der Waals surface area contributed by atoms with Crippen molar-refractivity contribution in [3.05, 3.63) is 0 Å². The molecule has 0 aromatic carbocycles. The van der Waals surface area contributed by atoms with Crippen LogP contribution in [0.5, 0.6) is 0 Å². The van der Waals surface area contributed by atoms with Gasteiger partial charge in [-0.15, -0.1) is 0 Å². The van der Waals surface area contributed by atoms with E-state index in [-0.39, 0.29) is 0 Å². The lowest BCUT2D eigenvalue weighted by molar-refractivity contribution is 0.388. The maximum atomic E-state index is 5.30. The van der Waals surface area contributed by atoms with E-state index in [1.54, 1.807) is 0 Å². The zero-order chi connectivity index (χ0) is 6.69. The van der Waals surface area contributed by atoms with Gasteiger partial charge in [0, 0.05) is 6.04 Å². The molecular weight excluding hydrogens is 112 g/mol. The van der Waals surface area contributed by atoms with Gasteiger partial charge in [-0.3, -0.25) is 11.3 Å². The van der Waals surface area contributed by atoms with Gasteiger partial charge in [-0.2, -0.15) is 0 Å². The Kier molecular flexibility index (Phi) is 2.49. The third kappa shape index (κ3) is 1.66. The fraction of sp³-hybridized carbons (Fsp3) is 1.00. The largest absolute Gasteiger partial charge is 0.271 e. The number of rotatable bonds is 2. The molecule has 1 atom stereocenters. The maximum Gasteiger partial charge on any atom is 0.0210 e. The zero-order valence-corrected chi connectivity index (χ0v) is 6.06. The fourth-order valence-corrected chi connectivity index (χ4v) is 1.59. The van der Waals surface area contributed by atoms with Crippen molar-refractivity contribution < 1.29 is 0 Å². The Bertz CT molecular complexity index is 77.0. The van der Waals surface area contributed by atoms with Gasteiger partial charge < -0.3 is 0 Å². The molecule has 9 heavy (non-hydrogen) atoms. The summed E-state index contributed by atoms with van der Waals surface area (Å²) in [6.45, 7) is 2.16. The van der Waals surface area contributed by atoms with E-state index in [0.29, 0.717) is 6.04 Å². The lowest BCUT2D eigenvalue weighted by Gasteiger charge is -2.16. The van der Waals surface area contributed by atoms with E-state index in [1.807, 2.05) is 0 Å². The number of hydrogen-bond acceptors (Lipinski definition) is 2. The van der Waals surface area contributed by atoms with Crippen LogP contribution < -0.4 is 11.3 Å². The Morgan fingerprint density at radius 3 is 2.44 bits per heavy atom. The summed E-state index contributed by atoms with van der Waals surface area (Å²) in [5, 5.41) is 0. The summed E-state index contributed by atoms with van der Waals surface area (Å²) < 4.78 is 0. The highest BCUT2D eigenvalue weighted by molar-refractivity contribution is 4.75. The van der Waals surface area contributed by atoms with Crippen LogP contribution in [0.1, 0.15) is 32.6 Å². The summed E-state index contributed by atoms with van der Waals surface area (Å²) in [6.07, 6.45) is 5.53. The molecule has 3 N–H and O–H groups in total. The summed E-state index contributed by atoms with van der Waals surface area (Å²) in [4.78, 5) is 0. The van der Waals surface area contributed by atoms with Crippen LogP contribution in [0.4, 0.5) is 0 Å². The van der Waals surface area contributed by atoms with Crippen LogP contribution in [0.2, 0.25) is 0 Å². The van der Waals surface area contributed by atoms with Crippen molar-refractivity contribution in [2.45, 2.75) is 38.6 Å². The van der Waals surface area contributed by atoms with Crippen molar-refractivity contribution in [1.29, 1.82) is 0 Å². The van der Waals surface area contributed by atoms with Gasteiger partial charge in [-0.25, -0.2) is 0 Å². The quantitative estimate of drug-likeness (QED) is 0.430. The van der Waals surface area contributed by atoms with Crippen LogP contribution in [0.25, 0.3) is 0 Å². The molecule has 0 aliphatic heterocycles. The van der Waals surface area contributed by atoms with E-state index < -0.39 is 0 Å². The third-order valence-electron chi connectivity index (χ3n) is 2.37. The van der Waals surface area contributed by atoms with Gasteiger partial charge in [0.1, 0.15) is 0 Å². The van der Waals surface area contributed by atoms with Crippen molar-refractivity contribution in [1.82, 2.24) is 5.43 Å². The average Bonchev–Trinajstić information content (AvgIpc) is 2.37. The van der Waals surface area contributed by atoms with Crippen LogP contribution >= 0.6 is 0 Å². The van der Waals surface area contributed by atoms with Gasteiger partial charge in [0.05, 0.1) is 0 Å². The molecule has 1 fully saturated rings. The molecule has 1 aliphatic rings. The molecule has 0 aromatic rings. The first-order valence-electron chi connectivity index (χ1n) is 3.80. The van der Waals surface area contributed by atoms with Gasteiger partial charge >= 0.3 is 0 Å². The molecule has 0 bridgehead atoms. The van der Waals surface area contributed by atoms with Gasteiger partial charge in [0.15, 0.2) is 0 Å². The molecule has 0 heterocycles. The van der Waals surface area contributed by atoms with E-state index in [1.165, 1.54) is 25.7 Å². The zero-order valence-electron chi connectivity index (χ0n) is 6.06. The minimum atomic E-state index is 0.521. The first-order chi connectivity index (χ1) is 4.34. The van der Waals surface area contributed by atoms with E-state index in [2.05, 4.69) is 12.3 Å². The summed E-state index contributed by atoms with van der Waals surface area (Å²) in [5.41, 5.74) is 2.81. The molecular formula is C7H16N2. The molecule has 1 saturated carbocycles. The Morgan fingerprint density at radius 2 is 2.00 bits per heavy atom. The van der Waals surface area contributed by atoms with Gasteiger partial charge in [0.2, 0.25) is 0 Å². The standard InChI is InChI=1S/C7H16N2/c1-6(9-8)7-4-2-3-5-7/h6-7,9H,2-5,8H2,1H3/t6-/m0/s1. The third-order valence-corrected chi connectivity index (χ3v) is 2.37. The summed E-state index contributed by atoms with van der Waals surface area (Å²) in [7, 11) is 0. The van der Waals surface area contributed by atoms with Gasteiger partial charge in [-0.1, -0.05) is 12.8 Å². The molecule has 2 heteroatoms. The molecule has 0 saturated heterocycles. The smallest absolute Gasteiger partial charge is 0.0210 e. The molecule has 1 aliphatic carbocycles. The molecule has 0 aromatic heterocycles. The van der Waals surface area contributed by atoms with Crippen LogP contribution in [-0.2, 0) is 0 Å². The number of hydrazine groups is 1. The highest BCUT2D eigenvalue weighted by Crippen LogP contribution is 2.26. The minimum Gasteiger partial charge on any atom is -0.271 e. The van der Waals surface area contributed by atoms with E-state index in [0.717, 1.165) is 5.92 Å². The summed E-state index contributed by atoms with van der Waals surface area (Å²) >= 11 is 0. The topological polar surface area (TPSA) is 38.0 Å². The predicted octanol–water partition coefficient (Wildman–Crippen LogP) is 1.03. The number of hydrogen-bond donors (Lipinski definition) is 2. The molecule has 2 nitrogen and oxygen atoms in total. The first kappa shape index (κ1) is 7.03. The van der Waals surface area contributed by atoms with Crippen molar-refractivity contribution in [3.63, 3.8) is 0 Å². The summed E-state index contributed by atoms with van der Waals surface area (Å²) in [6, 6.07) is 0.521. The van der Waals surface area contributed by atoms with Crippen molar-refractivity contribution in [2.75, 3.05) is 0 Å². The number of nitrogens with one attached hydrogen (secondary N) is 1. The monoisotopic (exact) mass is 128 g/mol. The second-order valence-electron chi connectivity index (χ2n) is 3.00. The second-order valence-corrected chi connectivity index (χ2v) is 3.00. The summed E-state index contributed by atoms with van der Waals surface area (Å²) in [5.74, 6) is 6.14. The molecule has 0 radical (unpaired) electrons.